The molecule has 1 aromatic heterocycles. The van der Waals surface area contributed by atoms with Crippen molar-refractivity contribution in [3.63, 3.8) is 0 Å². The second-order valence-electron chi connectivity index (χ2n) is 6.78. The molecule has 5 rings (SSSR count). The number of hydrazone groups is 1. The Bertz CT molecular complexity index is 1130. The highest BCUT2D eigenvalue weighted by atomic mass is 16.7. The average Bonchev–Trinajstić information content (AvgIpc) is 3.40. The van der Waals surface area contributed by atoms with Crippen LogP contribution in [0.1, 0.15) is 23.6 Å². The first-order valence-corrected chi connectivity index (χ1v) is 9.23. The number of hydrogen-bond acceptors (Lipinski definition) is 7. The third-order valence-corrected chi connectivity index (χ3v) is 5.03. The van der Waals surface area contributed by atoms with Gasteiger partial charge < -0.3 is 14.2 Å². The minimum atomic E-state index is -0.293. The molecule has 8 heteroatoms. The van der Waals surface area contributed by atoms with Crippen LogP contribution >= 0.6 is 0 Å². The number of methoxy groups -OCH3 is 1. The third-order valence-electron chi connectivity index (χ3n) is 5.03. The lowest BCUT2D eigenvalue weighted by molar-refractivity contribution is -0.136. The van der Waals surface area contributed by atoms with E-state index in [1.165, 1.54) is 12.1 Å². The summed E-state index contributed by atoms with van der Waals surface area (Å²) in [6, 6.07) is 11.2. The minimum Gasteiger partial charge on any atom is -0.454 e. The molecule has 3 aromatic rings. The smallest absolute Gasteiger partial charge is 0.269 e. The van der Waals surface area contributed by atoms with Gasteiger partial charge in [0.1, 0.15) is 6.61 Å². The number of para-hydroxylation sites is 1. The fourth-order valence-corrected chi connectivity index (χ4v) is 3.71. The molecule has 0 saturated heterocycles. The van der Waals surface area contributed by atoms with Crippen LogP contribution in [0, 0.1) is 0 Å². The molecule has 0 unspecified atom stereocenters. The van der Waals surface area contributed by atoms with Gasteiger partial charge in [-0.2, -0.15) is 5.10 Å². The first kappa shape index (κ1) is 17.6. The molecule has 0 spiro atoms. The molecule has 2 aliphatic heterocycles. The van der Waals surface area contributed by atoms with Crippen LogP contribution < -0.4 is 9.47 Å². The standard InChI is InChI=1S/C21H18N4O4/c1-27-11-20(26)25-17(14-3-2-4-15-21(14)23-8-7-22-15)10-16(24-25)13-5-6-18-19(9-13)29-12-28-18/h2-9,17H,10-12H2,1H3/t17-/m0/s1. The summed E-state index contributed by atoms with van der Waals surface area (Å²) in [6.07, 6.45) is 3.86. The fourth-order valence-electron chi connectivity index (χ4n) is 3.71. The van der Waals surface area contributed by atoms with E-state index in [1.807, 2.05) is 36.4 Å². The Labute approximate surface area is 166 Å². The number of amides is 1. The van der Waals surface area contributed by atoms with E-state index < -0.39 is 0 Å². The molecule has 0 radical (unpaired) electrons. The molecular formula is C21H18N4O4. The predicted molar refractivity (Wildman–Crippen MR) is 105 cm³/mol. The van der Waals surface area contributed by atoms with E-state index in [1.54, 1.807) is 12.4 Å². The molecule has 0 saturated carbocycles. The third kappa shape index (κ3) is 3.07. The quantitative estimate of drug-likeness (QED) is 0.681. The highest BCUT2D eigenvalue weighted by Gasteiger charge is 2.34. The van der Waals surface area contributed by atoms with E-state index in [-0.39, 0.29) is 25.3 Å². The first-order valence-electron chi connectivity index (χ1n) is 9.23. The minimum absolute atomic E-state index is 0.0507. The summed E-state index contributed by atoms with van der Waals surface area (Å²) >= 11 is 0. The Kier molecular flexibility index (Phi) is 4.33. The zero-order valence-corrected chi connectivity index (χ0v) is 15.7. The molecule has 1 amide bonds. The zero-order chi connectivity index (χ0) is 19.8. The number of ether oxygens (including phenoxy) is 3. The van der Waals surface area contributed by atoms with Crippen molar-refractivity contribution >= 4 is 22.7 Å². The number of benzene rings is 2. The molecule has 0 bridgehead atoms. The van der Waals surface area contributed by atoms with E-state index >= 15 is 0 Å². The van der Waals surface area contributed by atoms with Crippen LogP contribution in [-0.2, 0) is 9.53 Å². The van der Waals surface area contributed by atoms with Crippen molar-refractivity contribution in [2.75, 3.05) is 20.5 Å². The van der Waals surface area contributed by atoms with Crippen LogP contribution in [0.2, 0.25) is 0 Å². The van der Waals surface area contributed by atoms with Crippen LogP contribution in [-0.4, -0.2) is 47.1 Å². The number of nitrogens with zero attached hydrogens (tertiary/aromatic N) is 4. The lowest BCUT2D eigenvalue weighted by Gasteiger charge is -2.22. The van der Waals surface area contributed by atoms with Gasteiger partial charge in [-0.05, 0) is 24.3 Å². The largest absolute Gasteiger partial charge is 0.454 e. The summed E-state index contributed by atoms with van der Waals surface area (Å²) in [5.74, 6) is 1.18. The van der Waals surface area contributed by atoms with Gasteiger partial charge in [0.2, 0.25) is 6.79 Å². The molecule has 8 nitrogen and oxygen atoms in total. The Morgan fingerprint density at radius 3 is 2.93 bits per heavy atom. The lowest BCUT2D eigenvalue weighted by atomic mass is 9.97. The van der Waals surface area contributed by atoms with Crippen LogP contribution in [0.15, 0.2) is 53.9 Å². The fraction of sp³-hybridized carbons (Fsp3) is 0.238. The van der Waals surface area contributed by atoms with Gasteiger partial charge in [-0.25, -0.2) is 5.01 Å². The average molecular weight is 390 g/mol. The van der Waals surface area contributed by atoms with Gasteiger partial charge in [-0.15, -0.1) is 0 Å². The maximum Gasteiger partial charge on any atom is 0.269 e. The van der Waals surface area contributed by atoms with Gasteiger partial charge in [-0.3, -0.25) is 14.8 Å². The number of carbonyl (C=O) groups excluding carboxylic acids is 1. The maximum absolute atomic E-state index is 12.7. The van der Waals surface area contributed by atoms with Crippen LogP contribution in [0.5, 0.6) is 11.5 Å². The van der Waals surface area contributed by atoms with Crippen molar-refractivity contribution in [2.24, 2.45) is 5.10 Å². The molecule has 146 valence electrons. The second-order valence-corrected chi connectivity index (χ2v) is 6.78. The molecule has 2 aromatic carbocycles. The van der Waals surface area contributed by atoms with Crippen molar-refractivity contribution in [3.8, 4) is 11.5 Å². The molecule has 1 atom stereocenters. The summed E-state index contributed by atoms with van der Waals surface area (Å²) in [4.78, 5) is 21.6. The Hall–Kier alpha value is -3.52. The summed E-state index contributed by atoms with van der Waals surface area (Å²) < 4.78 is 15.9. The molecule has 0 aliphatic carbocycles. The van der Waals surface area contributed by atoms with Crippen molar-refractivity contribution < 1.29 is 19.0 Å². The number of fused-ring (bicyclic) bond motifs is 2. The summed E-state index contributed by atoms with van der Waals surface area (Å²) in [6.45, 7) is 0.159. The van der Waals surface area contributed by atoms with Gasteiger partial charge in [-0.1, -0.05) is 12.1 Å². The Balaban J connectivity index is 1.56. The summed E-state index contributed by atoms with van der Waals surface area (Å²) in [7, 11) is 1.49. The SMILES string of the molecule is COCC(=O)N1N=C(c2ccc3c(c2)OCO3)C[C@H]1c1cccc2nccnc12. The molecule has 3 heterocycles. The molecule has 29 heavy (non-hydrogen) atoms. The monoisotopic (exact) mass is 390 g/mol. The lowest BCUT2D eigenvalue weighted by Crippen LogP contribution is -2.30. The Morgan fingerprint density at radius 2 is 2.03 bits per heavy atom. The molecule has 0 N–H and O–H groups in total. The van der Waals surface area contributed by atoms with E-state index in [0.717, 1.165) is 27.9 Å². The van der Waals surface area contributed by atoms with E-state index in [2.05, 4.69) is 15.1 Å². The molecule has 0 fully saturated rings. The van der Waals surface area contributed by atoms with Crippen LogP contribution in [0.3, 0.4) is 0 Å². The normalized spacial score (nSPS) is 17.6. The van der Waals surface area contributed by atoms with Crippen molar-refractivity contribution in [1.82, 2.24) is 15.0 Å². The van der Waals surface area contributed by atoms with Gasteiger partial charge in [0, 0.05) is 37.1 Å². The number of rotatable bonds is 4. The highest BCUT2D eigenvalue weighted by Crippen LogP contribution is 2.38. The summed E-state index contributed by atoms with van der Waals surface area (Å²) in [5, 5.41) is 6.14. The van der Waals surface area contributed by atoms with Gasteiger partial charge >= 0.3 is 0 Å². The predicted octanol–water partition coefficient (Wildman–Crippen LogP) is 2.68. The van der Waals surface area contributed by atoms with Crippen molar-refractivity contribution in [1.29, 1.82) is 0 Å². The van der Waals surface area contributed by atoms with Gasteiger partial charge in [0.25, 0.3) is 5.91 Å². The van der Waals surface area contributed by atoms with Crippen molar-refractivity contribution in [2.45, 2.75) is 12.5 Å². The topological polar surface area (TPSA) is 86.1 Å². The number of carbonyl (C=O) groups is 1. The van der Waals surface area contributed by atoms with Crippen LogP contribution in [0.25, 0.3) is 11.0 Å². The first-order chi connectivity index (χ1) is 14.2. The zero-order valence-electron chi connectivity index (χ0n) is 15.7. The molecular weight excluding hydrogens is 372 g/mol. The Morgan fingerprint density at radius 1 is 1.17 bits per heavy atom. The van der Waals surface area contributed by atoms with E-state index in [0.29, 0.717) is 17.9 Å². The number of hydrogen-bond donors (Lipinski definition) is 0. The van der Waals surface area contributed by atoms with Gasteiger partial charge in [0.05, 0.1) is 22.8 Å². The summed E-state index contributed by atoms with van der Waals surface area (Å²) in [5.41, 5.74) is 4.12. The maximum atomic E-state index is 12.7. The van der Waals surface area contributed by atoms with Gasteiger partial charge in [0.15, 0.2) is 11.5 Å². The second kappa shape index (κ2) is 7.14. The van der Waals surface area contributed by atoms with Crippen LogP contribution in [0.4, 0.5) is 0 Å². The highest BCUT2D eigenvalue weighted by molar-refractivity contribution is 6.04. The van der Waals surface area contributed by atoms with E-state index in [9.17, 15) is 4.79 Å². The van der Waals surface area contributed by atoms with Crippen molar-refractivity contribution in [3.05, 3.63) is 59.9 Å². The molecule has 2 aliphatic rings. The number of aromatic nitrogens is 2. The van der Waals surface area contributed by atoms with E-state index in [4.69, 9.17) is 14.2 Å².